The lowest BCUT2D eigenvalue weighted by Gasteiger charge is -2.32. The summed E-state index contributed by atoms with van der Waals surface area (Å²) in [7, 11) is 0. The van der Waals surface area contributed by atoms with Crippen LogP contribution in [-0.2, 0) is 4.79 Å². The van der Waals surface area contributed by atoms with E-state index < -0.39 is 0 Å². The van der Waals surface area contributed by atoms with Gasteiger partial charge in [-0.1, -0.05) is 13.8 Å². The van der Waals surface area contributed by atoms with E-state index in [0.29, 0.717) is 0 Å². The Hall–Kier alpha value is -0.530. The molecule has 0 saturated heterocycles. The Balaban J connectivity index is 2.39. The van der Waals surface area contributed by atoms with Crippen molar-refractivity contribution in [2.24, 2.45) is 17.8 Å². The molecule has 2 heteroatoms. The molecule has 1 fully saturated rings. The summed E-state index contributed by atoms with van der Waals surface area (Å²) in [5.74, 6) is 2.12. The van der Waals surface area contributed by atoms with Gasteiger partial charge in [0.2, 0.25) is 5.91 Å². The SMILES string of the molecule is CC(C)[C@H]1CC[C@@H](C(=O)NC(C)(C)C)CC1. The highest BCUT2D eigenvalue weighted by Crippen LogP contribution is 2.33. The van der Waals surface area contributed by atoms with Crippen LogP contribution in [0.1, 0.15) is 60.3 Å². The third-order valence-corrected chi connectivity index (χ3v) is 3.58. The largest absolute Gasteiger partial charge is 0.351 e. The minimum absolute atomic E-state index is 0.0913. The minimum atomic E-state index is -0.0913. The number of carbonyl (C=O) groups excluding carboxylic acids is 1. The first kappa shape index (κ1) is 13.5. The normalized spacial score (nSPS) is 26.9. The molecule has 1 aliphatic carbocycles. The first-order chi connectivity index (χ1) is 7.29. The molecule has 1 amide bonds. The van der Waals surface area contributed by atoms with Crippen LogP contribution in [0.15, 0.2) is 0 Å². The molecule has 2 nitrogen and oxygen atoms in total. The van der Waals surface area contributed by atoms with Gasteiger partial charge in [-0.3, -0.25) is 4.79 Å². The summed E-state index contributed by atoms with van der Waals surface area (Å²) in [6.45, 7) is 10.7. The van der Waals surface area contributed by atoms with Crippen molar-refractivity contribution < 1.29 is 4.79 Å². The second-order valence-electron chi connectivity index (χ2n) is 6.59. The quantitative estimate of drug-likeness (QED) is 0.767. The monoisotopic (exact) mass is 225 g/mol. The Bertz CT molecular complexity index is 232. The molecular weight excluding hydrogens is 198 g/mol. The molecule has 0 bridgehead atoms. The van der Waals surface area contributed by atoms with E-state index in [1.165, 1.54) is 12.8 Å². The average molecular weight is 225 g/mol. The summed E-state index contributed by atoms with van der Waals surface area (Å²) in [4.78, 5) is 12.0. The Kier molecular flexibility index (Phi) is 4.40. The Morgan fingerprint density at radius 1 is 1.12 bits per heavy atom. The van der Waals surface area contributed by atoms with Crippen LogP contribution in [0.25, 0.3) is 0 Å². The van der Waals surface area contributed by atoms with Crippen molar-refractivity contribution in [3.8, 4) is 0 Å². The van der Waals surface area contributed by atoms with Gasteiger partial charge >= 0.3 is 0 Å². The highest BCUT2D eigenvalue weighted by molar-refractivity contribution is 5.79. The van der Waals surface area contributed by atoms with E-state index in [2.05, 4.69) is 19.2 Å². The van der Waals surface area contributed by atoms with Crippen molar-refractivity contribution in [3.63, 3.8) is 0 Å². The molecule has 94 valence electrons. The van der Waals surface area contributed by atoms with Gasteiger partial charge < -0.3 is 5.32 Å². The zero-order valence-corrected chi connectivity index (χ0v) is 11.5. The van der Waals surface area contributed by atoms with Crippen LogP contribution < -0.4 is 5.32 Å². The standard InChI is InChI=1S/C14H27NO/c1-10(2)11-6-8-12(9-7-11)13(16)15-14(3,4)5/h10-12H,6-9H2,1-5H3,(H,15,16)/t11-,12+. The second kappa shape index (κ2) is 5.20. The van der Waals surface area contributed by atoms with Crippen LogP contribution in [-0.4, -0.2) is 11.4 Å². The van der Waals surface area contributed by atoms with Gasteiger partial charge in [-0.15, -0.1) is 0 Å². The number of rotatable bonds is 2. The fraction of sp³-hybridized carbons (Fsp3) is 0.929. The summed E-state index contributed by atoms with van der Waals surface area (Å²) in [6.07, 6.45) is 4.59. The number of hydrogen-bond donors (Lipinski definition) is 1. The summed E-state index contributed by atoms with van der Waals surface area (Å²) < 4.78 is 0. The fourth-order valence-electron chi connectivity index (χ4n) is 2.52. The molecule has 0 aromatic heterocycles. The molecule has 1 saturated carbocycles. The number of amides is 1. The van der Waals surface area contributed by atoms with Crippen molar-refractivity contribution in [2.75, 3.05) is 0 Å². The van der Waals surface area contributed by atoms with Gasteiger partial charge in [0.1, 0.15) is 0 Å². The summed E-state index contributed by atoms with van der Waals surface area (Å²) in [5, 5.41) is 3.09. The van der Waals surface area contributed by atoms with Crippen LogP contribution in [0.5, 0.6) is 0 Å². The van der Waals surface area contributed by atoms with E-state index in [-0.39, 0.29) is 17.4 Å². The molecule has 1 aliphatic rings. The first-order valence-electron chi connectivity index (χ1n) is 6.61. The predicted molar refractivity (Wildman–Crippen MR) is 68.2 cm³/mol. The van der Waals surface area contributed by atoms with E-state index in [9.17, 15) is 4.79 Å². The molecule has 16 heavy (non-hydrogen) atoms. The Morgan fingerprint density at radius 2 is 1.62 bits per heavy atom. The van der Waals surface area contributed by atoms with Crippen LogP contribution in [0.2, 0.25) is 0 Å². The van der Waals surface area contributed by atoms with Crippen LogP contribution in [0, 0.1) is 17.8 Å². The van der Waals surface area contributed by atoms with Gasteiger partial charge in [0, 0.05) is 11.5 Å². The highest BCUT2D eigenvalue weighted by Gasteiger charge is 2.29. The maximum absolute atomic E-state index is 12.0. The van der Waals surface area contributed by atoms with E-state index in [1.54, 1.807) is 0 Å². The molecule has 0 spiro atoms. The Labute approximate surface area is 100 Å². The summed E-state index contributed by atoms with van der Waals surface area (Å²) in [6, 6.07) is 0. The molecular formula is C14H27NO. The maximum atomic E-state index is 12.0. The van der Waals surface area contributed by atoms with Crippen LogP contribution in [0.3, 0.4) is 0 Å². The minimum Gasteiger partial charge on any atom is -0.351 e. The molecule has 0 radical (unpaired) electrons. The molecule has 1 N–H and O–H groups in total. The highest BCUT2D eigenvalue weighted by atomic mass is 16.2. The predicted octanol–water partition coefficient (Wildman–Crippen LogP) is 3.36. The Morgan fingerprint density at radius 3 is 2.00 bits per heavy atom. The van der Waals surface area contributed by atoms with Gasteiger partial charge in [-0.2, -0.15) is 0 Å². The van der Waals surface area contributed by atoms with Crippen LogP contribution >= 0.6 is 0 Å². The molecule has 0 unspecified atom stereocenters. The van der Waals surface area contributed by atoms with Gasteiger partial charge in [0.05, 0.1) is 0 Å². The van der Waals surface area contributed by atoms with Crippen molar-refractivity contribution in [1.82, 2.24) is 5.32 Å². The number of carbonyl (C=O) groups is 1. The van der Waals surface area contributed by atoms with Crippen LogP contribution in [0.4, 0.5) is 0 Å². The number of hydrogen-bond acceptors (Lipinski definition) is 1. The van der Waals surface area contributed by atoms with Gasteiger partial charge in [-0.25, -0.2) is 0 Å². The van der Waals surface area contributed by atoms with Gasteiger partial charge in [0.15, 0.2) is 0 Å². The smallest absolute Gasteiger partial charge is 0.223 e. The summed E-state index contributed by atoms with van der Waals surface area (Å²) >= 11 is 0. The lowest BCUT2D eigenvalue weighted by atomic mass is 9.76. The molecule has 0 aliphatic heterocycles. The van der Waals surface area contributed by atoms with Crippen molar-refractivity contribution in [1.29, 1.82) is 0 Å². The lowest BCUT2D eigenvalue weighted by molar-refractivity contribution is -0.127. The lowest BCUT2D eigenvalue weighted by Crippen LogP contribution is -2.44. The van der Waals surface area contributed by atoms with E-state index >= 15 is 0 Å². The zero-order chi connectivity index (χ0) is 12.3. The van der Waals surface area contributed by atoms with Gasteiger partial charge in [0.25, 0.3) is 0 Å². The molecule has 1 rings (SSSR count). The maximum Gasteiger partial charge on any atom is 0.223 e. The first-order valence-corrected chi connectivity index (χ1v) is 6.61. The fourth-order valence-corrected chi connectivity index (χ4v) is 2.52. The third-order valence-electron chi connectivity index (χ3n) is 3.58. The van der Waals surface area contributed by atoms with E-state index in [0.717, 1.165) is 24.7 Å². The molecule has 0 aromatic carbocycles. The van der Waals surface area contributed by atoms with E-state index in [1.807, 2.05) is 20.8 Å². The van der Waals surface area contributed by atoms with Crippen molar-refractivity contribution in [2.45, 2.75) is 65.8 Å². The van der Waals surface area contributed by atoms with Crippen molar-refractivity contribution in [3.05, 3.63) is 0 Å². The van der Waals surface area contributed by atoms with Crippen molar-refractivity contribution >= 4 is 5.91 Å². The van der Waals surface area contributed by atoms with Gasteiger partial charge in [-0.05, 0) is 58.3 Å². The molecule has 0 atom stereocenters. The zero-order valence-electron chi connectivity index (χ0n) is 11.5. The average Bonchev–Trinajstić information content (AvgIpc) is 2.15. The number of nitrogens with one attached hydrogen (secondary N) is 1. The molecule has 0 aromatic rings. The second-order valence-corrected chi connectivity index (χ2v) is 6.59. The topological polar surface area (TPSA) is 29.1 Å². The van der Waals surface area contributed by atoms with E-state index in [4.69, 9.17) is 0 Å². The molecule has 0 heterocycles. The summed E-state index contributed by atoms with van der Waals surface area (Å²) in [5.41, 5.74) is -0.0913. The third kappa shape index (κ3) is 4.15.